The van der Waals surface area contributed by atoms with Gasteiger partial charge in [-0.1, -0.05) is 48.9 Å². The van der Waals surface area contributed by atoms with Crippen LogP contribution in [0.5, 0.6) is 0 Å². The minimum atomic E-state index is -0.981. The van der Waals surface area contributed by atoms with Crippen molar-refractivity contribution in [3.05, 3.63) is 69.2 Å². The van der Waals surface area contributed by atoms with Crippen LogP contribution >= 0.6 is 11.6 Å². The smallest absolute Gasteiger partial charge is 0.227 e. The van der Waals surface area contributed by atoms with Crippen LogP contribution in [-0.4, -0.2) is 33.7 Å². The standard InChI is InChI=1S/C24H30ClNO3/c1-5-16-9-10-22(25)17(11-16)12-23(28)26-15(2)19-7-6-8-21(24(3,4)29)20(19)13-18(26)14-27/h6-11,15,18,27,29H,5,12-14H2,1-4H3/t15-,18+/m0/s1. The van der Waals surface area contributed by atoms with E-state index >= 15 is 0 Å². The Kier molecular flexibility index (Phi) is 6.37. The first kappa shape index (κ1) is 21.8. The van der Waals surface area contributed by atoms with Crippen molar-refractivity contribution in [2.75, 3.05) is 6.61 Å². The molecule has 1 amide bonds. The van der Waals surface area contributed by atoms with E-state index < -0.39 is 5.60 Å². The Labute approximate surface area is 178 Å². The van der Waals surface area contributed by atoms with Gasteiger partial charge in [0.2, 0.25) is 5.91 Å². The van der Waals surface area contributed by atoms with Crippen molar-refractivity contribution >= 4 is 17.5 Å². The summed E-state index contributed by atoms with van der Waals surface area (Å²) in [5, 5.41) is 21.2. The summed E-state index contributed by atoms with van der Waals surface area (Å²) in [5.41, 5.74) is 3.88. The molecule has 0 spiro atoms. The molecular formula is C24H30ClNO3. The molecule has 0 saturated carbocycles. The molecule has 3 rings (SSSR count). The lowest BCUT2D eigenvalue weighted by molar-refractivity contribution is -0.137. The van der Waals surface area contributed by atoms with E-state index in [2.05, 4.69) is 6.92 Å². The average molecular weight is 416 g/mol. The minimum absolute atomic E-state index is 0.0500. The van der Waals surface area contributed by atoms with Gasteiger partial charge < -0.3 is 15.1 Å². The first-order chi connectivity index (χ1) is 13.7. The zero-order chi connectivity index (χ0) is 21.3. The zero-order valence-corrected chi connectivity index (χ0v) is 18.3. The summed E-state index contributed by atoms with van der Waals surface area (Å²) < 4.78 is 0. The maximum atomic E-state index is 13.3. The molecule has 0 saturated heterocycles. The van der Waals surface area contributed by atoms with Gasteiger partial charge in [-0.3, -0.25) is 4.79 Å². The second-order valence-corrected chi connectivity index (χ2v) is 8.81. The molecule has 0 radical (unpaired) electrons. The second kappa shape index (κ2) is 8.47. The van der Waals surface area contributed by atoms with Crippen molar-refractivity contribution in [2.45, 2.75) is 64.6 Å². The van der Waals surface area contributed by atoms with E-state index in [-0.39, 0.29) is 31.0 Å². The van der Waals surface area contributed by atoms with Crippen LogP contribution < -0.4 is 0 Å². The van der Waals surface area contributed by atoms with Gasteiger partial charge in [-0.25, -0.2) is 0 Å². The normalized spacial score (nSPS) is 19.2. The van der Waals surface area contributed by atoms with E-state index in [0.717, 1.165) is 34.2 Å². The largest absolute Gasteiger partial charge is 0.394 e. The van der Waals surface area contributed by atoms with Gasteiger partial charge >= 0.3 is 0 Å². The van der Waals surface area contributed by atoms with Gasteiger partial charge in [0.15, 0.2) is 0 Å². The third-order valence-electron chi connectivity index (χ3n) is 5.93. The fourth-order valence-electron chi connectivity index (χ4n) is 4.41. The fourth-order valence-corrected chi connectivity index (χ4v) is 4.59. The maximum Gasteiger partial charge on any atom is 0.227 e. The van der Waals surface area contributed by atoms with Gasteiger partial charge in [0.1, 0.15) is 0 Å². The van der Waals surface area contributed by atoms with Crippen molar-refractivity contribution in [1.82, 2.24) is 4.90 Å². The molecule has 1 aliphatic rings. The second-order valence-electron chi connectivity index (χ2n) is 8.41. The molecule has 2 atom stereocenters. The van der Waals surface area contributed by atoms with Crippen LogP contribution in [0.3, 0.4) is 0 Å². The number of hydrogen-bond donors (Lipinski definition) is 2. The van der Waals surface area contributed by atoms with Crippen LogP contribution in [0, 0.1) is 0 Å². The van der Waals surface area contributed by atoms with Gasteiger partial charge in [-0.2, -0.15) is 0 Å². The number of benzene rings is 2. The number of hydrogen-bond acceptors (Lipinski definition) is 3. The van der Waals surface area contributed by atoms with Crippen molar-refractivity contribution in [2.24, 2.45) is 0 Å². The molecule has 1 heterocycles. The summed E-state index contributed by atoms with van der Waals surface area (Å²) in [6, 6.07) is 11.1. The molecule has 0 fully saturated rings. The van der Waals surface area contributed by atoms with Gasteiger partial charge in [-0.15, -0.1) is 0 Å². The molecule has 29 heavy (non-hydrogen) atoms. The third kappa shape index (κ3) is 4.35. The quantitative estimate of drug-likeness (QED) is 0.770. The molecule has 0 aromatic heterocycles. The number of carbonyl (C=O) groups is 1. The number of rotatable bonds is 5. The summed E-state index contributed by atoms with van der Waals surface area (Å²) in [5.74, 6) is -0.0500. The molecular weight excluding hydrogens is 386 g/mol. The summed E-state index contributed by atoms with van der Waals surface area (Å²) in [4.78, 5) is 15.1. The number of halogens is 1. The van der Waals surface area contributed by atoms with Gasteiger partial charge in [0.25, 0.3) is 0 Å². The van der Waals surface area contributed by atoms with Crippen molar-refractivity contribution < 1.29 is 15.0 Å². The highest BCUT2D eigenvalue weighted by Gasteiger charge is 2.37. The summed E-state index contributed by atoms with van der Waals surface area (Å²) in [7, 11) is 0. The first-order valence-electron chi connectivity index (χ1n) is 10.2. The Morgan fingerprint density at radius 1 is 1.28 bits per heavy atom. The van der Waals surface area contributed by atoms with Crippen LogP contribution in [0.25, 0.3) is 0 Å². The molecule has 5 heteroatoms. The molecule has 4 nitrogen and oxygen atoms in total. The maximum absolute atomic E-state index is 13.3. The molecule has 0 unspecified atom stereocenters. The third-order valence-corrected chi connectivity index (χ3v) is 6.30. The highest BCUT2D eigenvalue weighted by molar-refractivity contribution is 6.31. The Morgan fingerprint density at radius 3 is 2.62 bits per heavy atom. The molecule has 2 aromatic carbocycles. The monoisotopic (exact) mass is 415 g/mol. The topological polar surface area (TPSA) is 60.8 Å². The lowest BCUT2D eigenvalue weighted by atomic mass is 9.81. The van der Waals surface area contributed by atoms with Crippen LogP contribution in [0.4, 0.5) is 0 Å². The zero-order valence-electron chi connectivity index (χ0n) is 17.6. The molecule has 2 N–H and O–H groups in total. The number of aryl methyl sites for hydroxylation is 1. The summed E-state index contributed by atoms with van der Waals surface area (Å²) in [6.07, 6.45) is 1.60. The van der Waals surface area contributed by atoms with Gasteiger partial charge in [0.05, 0.1) is 30.7 Å². The summed E-state index contributed by atoms with van der Waals surface area (Å²) in [6.45, 7) is 7.46. The lowest BCUT2D eigenvalue weighted by Gasteiger charge is -2.43. The van der Waals surface area contributed by atoms with E-state index in [1.54, 1.807) is 18.7 Å². The number of carbonyl (C=O) groups excluding carboxylic acids is 1. The molecule has 156 valence electrons. The minimum Gasteiger partial charge on any atom is -0.394 e. The predicted molar refractivity (Wildman–Crippen MR) is 116 cm³/mol. The fraction of sp³-hybridized carbons (Fsp3) is 0.458. The van der Waals surface area contributed by atoms with E-state index in [1.165, 1.54) is 0 Å². The number of amides is 1. The van der Waals surface area contributed by atoms with Crippen LogP contribution in [0.2, 0.25) is 5.02 Å². The lowest BCUT2D eigenvalue weighted by Crippen LogP contribution is -2.49. The molecule has 2 aromatic rings. The Balaban J connectivity index is 1.95. The number of fused-ring (bicyclic) bond motifs is 1. The first-order valence-corrected chi connectivity index (χ1v) is 10.6. The van der Waals surface area contributed by atoms with Gasteiger partial charge in [-0.05, 0) is 67.5 Å². The molecule has 0 bridgehead atoms. The van der Waals surface area contributed by atoms with Crippen LogP contribution in [-0.2, 0) is 29.7 Å². The van der Waals surface area contributed by atoms with Crippen molar-refractivity contribution in [3.8, 4) is 0 Å². The Morgan fingerprint density at radius 2 is 2.00 bits per heavy atom. The Hall–Kier alpha value is -1.88. The number of nitrogens with zero attached hydrogens (tertiary/aromatic N) is 1. The van der Waals surface area contributed by atoms with E-state index in [0.29, 0.717) is 11.4 Å². The van der Waals surface area contributed by atoms with Gasteiger partial charge in [0, 0.05) is 5.02 Å². The molecule has 1 aliphatic heterocycles. The van der Waals surface area contributed by atoms with Crippen LogP contribution in [0.15, 0.2) is 36.4 Å². The highest BCUT2D eigenvalue weighted by Crippen LogP contribution is 2.38. The number of aliphatic hydroxyl groups is 2. The molecule has 0 aliphatic carbocycles. The van der Waals surface area contributed by atoms with Crippen LogP contribution in [0.1, 0.15) is 61.6 Å². The van der Waals surface area contributed by atoms with E-state index in [4.69, 9.17) is 11.6 Å². The highest BCUT2D eigenvalue weighted by atomic mass is 35.5. The van der Waals surface area contributed by atoms with Crippen molar-refractivity contribution in [1.29, 1.82) is 0 Å². The Bertz CT molecular complexity index is 903. The van der Waals surface area contributed by atoms with Crippen molar-refractivity contribution in [3.63, 3.8) is 0 Å². The number of aliphatic hydroxyl groups excluding tert-OH is 1. The average Bonchev–Trinajstić information content (AvgIpc) is 2.68. The van der Waals surface area contributed by atoms with E-state index in [9.17, 15) is 15.0 Å². The van der Waals surface area contributed by atoms with E-state index in [1.807, 2.05) is 43.3 Å². The SMILES string of the molecule is CCc1ccc(Cl)c(CC(=O)N2[C@@H](CO)Cc3c(cccc3C(C)(C)O)[C@@H]2C)c1. The predicted octanol–water partition coefficient (Wildman–Crippen LogP) is 4.18. The summed E-state index contributed by atoms with van der Waals surface area (Å²) >= 11 is 6.35.